The van der Waals surface area contributed by atoms with Gasteiger partial charge >= 0.3 is 0 Å². The van der Waals surface area contributed by atoms with Crippen molar-refractivity contribution in [1.82, 2.24) is 9.88 Å². The van der Waals surface area contributed by atoms with Gasteiger partial charge in [0, 0.05) is 30.4 Å². The van der Waals surface area contributed by atoms with Gasteiger partial charge in [-0.3, -0.25) is 14.6 Å². The third-order valence-corrected chi connectivity index (χ3v) is 6.18. The van der Waals surface area contributed by atoms with Crippen LogP contribution in [0, 0.1) is 17.2 Å². The van der Waals surface area contributed by atoms with Crippen LogP contribution in [-0.2, 0) is 4.79 Å². The predicted molar refractivity (Wildman–Crippen MR) is 125 cm³/mol. The lowest BCUT2D eigenvalue weighted by molar-refractivity contribution is -0.126. The predicted octanol–water partition coefficient (Wildman–Crippen LogP) is 3.13. The van der Waals surface area contributed by atoms with Gasteiger partial charge in [0.1, 0.15) is 18.0 Å². The summed E-state index contributed by atoms with van der Waals surface area (Å²) in [5, 5.41) is 9.05. The van der Waals surface area contributed by atoms with E-state index in [2.05, 4.69) is 11.1 Å². The number of nitriles is 1. The molecule has 170 valence electrons. The fourth-order valence-corrected chi connectivity index (χ4v) is 4.24. The average Bonchev–Trinajstić information content (AvgIpc) is 2.87. The van der Waals surface area contributed by atoms with Crippen LogP contribution in [0.2, 0.25) is 0 Å². The molecule has 0 unspecified atom stereocenters. The Balaban J connectivity index is 1.31. The topological polar surface area (TPSA) is 95.8 Å². The first kappa shape index (κ1) is 21.5. The van der Waals surface area contributed by atoms with Crippen molar-refractivity contribution in [3.63, 3.8) is 0 Å². The zero-order chi connectivity index (χ0) is 23.7. The number of methoxy groups -OCH3 is 1. The molecule has 3 heterocycles. The van der Waals surface area contributed by atoms with Gasteiger partial charge < -0.3 is 19.3 Å². The second-order valence-corrected chi connectivity index (χ2v) is 8.20. The maximum atomic E-state index is 13.3. The second-order valence-electron chi connectivity index (χ2n) is 8.20. The Hall–Kier alpha value is -4.38. The van der Waals surface area contributed by atoms with E-state index in [-0.39, 0.29) is 17.7 Å². The maximum Gasteiger partial charge on any atom is 0.253 e. The van der Waals surface area contributed by atoms with Crippen molar-refractivity contribution in [3.8, 4) is 28.7 Å². The van der Waals surface area contributed by atoms with E-state index in [0.29, 0.717) is 54.6 Å². The molecule has 2 aliphatic rings. The summed E-state index contributed by atoms with van der Waals surface area (Å²) in [4.78, 5) is 33.8. The molecule has 2 aliphatic heterocycles. The molecule has 34 heavy (non-hydrogen) atoms. The summed E-state index contributed by atoms with van der Waals surface area (Å²) in [5.74, 6) is 0.880. The first-order valence-corrected chi connectivity index (χ1v) is 10.9. The Bertz CT molecular complexity index is 1280. The van der Waals surface area contributed by atoms with Crippen LogP contribution in [0.15, 0.2) is 60.9 Å². The smallest absolute Gasteiger partial charge is 0.253 e. The number of likely N-dealkylation sites (tertiary alicyclic amines) is 1. The Kier molecular flexibility index (Phi) is 5.60. The van der Waals surface area contributed by atoms with Gasteiger partial charge in [0.2, 0.25) is 5.91 Å². The summed E-state index contributed by atoms with van der Waals surface area (Å²) in [6.45, 7) is 1.54. The van der Waals surface area contributed by atoms with E-state index >= 15 is 0 Å². The van der Waals surface area contributed by atoms with Crippen molar-refractivity contribution in [2.45, 2.75) is 0 Å². The minimum absolute atomic E-state index is 0.0397. The van der Waals surface area contributed by atoms with Crippen molar-refractivity contribution in [2.24, 2.45) is 5.92 Å². The van der Waals surface area contributed by atoms with Crippen molar-refractivity contribution in [3.05, 3.63) is 72.1 Å². The van der Waals surface area contributed by atoms with E-state index in [9.17, 15) is 9.59 Å². The molecule has 8 heteroatoms. The van der Waals surface area contributed by atoms with Gasteiger partial charge in [-0.15, -0.1) is 0 Å². The number of nitrogens with zero attached hydrogens (tertiary/aromatic N) is 4. The molecule has 0 atom stereocenters. The van der Waals surface area contributed by atoms with Crippen molar-refractivity contribution < 1.29 is 19.1 Å². The first-order valence-electron chi connectivity index (χ1n) is 10.9. The molecular weight excluding hydrogens is 432 g/mol. The van der Waals surface area contributed by atoms with Crippen LogP contribution in [0.25, 0.3) is 11.1 Å². The largest absolute Gasteiger partial charge is 0.497 e. The minimum atomic E-state index is -0.272. The maximum absolute atomic E-state index is 13.3. The zero-order valence-corrected chi connectivity index (χ0v) is 18.6. The molecule has 2 amide bonds. The van der Waals surface area contributed by atoms with Gasteiger partial charge in [-0.05, 0) is 42.0 Å². The van der Waals surface area contributed by atoms with E-state index < -0.39 is 0 Å². The number of aromatic nitrogens is 1. The fraction of sp³-hybridized carbons (Fsp3) is 0.231. The van der Waals surface area contributed by atoms with Crippen molar-refractivity contribution >= 4 is 17.5 Å². The standard InChI is InChI=1S/C26H22N4O4/c1-33-21-8-6-19(7-9-21)25(31)29-15-20(16-29)26(32)30-10-11-34-24-22(13-28-14-23(24)30)18-4-2-17(12-27)3-5-18/h2-9,13-14,20H,10-11,15-16H2,1H3. The Labute approximate surface area is 197 Å². The molecule has 1 saturated heterocycles. The molecule has 0 bridgehead atoms. The third kappa shape index (κ3) is 3.82. The van der Waals surface area contributed by atoms with E-state index in [0.717, 1.165) is 11.1 Å². The molecule has 0 spiro atoms. The summed E-state index contributed by atoms with van der Waals surface area (Å²) < 4.78 is 11.1. The summed E-state index contributed by atoms with van der Waals surface area (Å²) in [6.07, 6.45) is 3.34. The molecule has 1 aromatic heterocycles. The van der Waals surface area contributed by atoms with E-state index in [1.807, 2.05) is 12.1 Å². The van der Waals surface area contributed by atoms with Crippen molar-refractivity contribution in [2.75, 3.05) is 38.3 Å². The highest BCUT2D eigenvalue weighted by molar-refractivity contribution is 6.01. The number of carbonyl (C=O) groups is 2. The number of fused-ring (bicyclic) bond motifs is 1. The Morgan fingerprint density at radius 1 is 1.09 bits per heavy atom. The monoisotopic (exact) mass is 454 g/mol. The zero-order valence-electron chi connectivity index (χ0n) is 18.6. The van der Waals surface area contributed by atoms with Crippen LogP contribution >= 0.6 is 0 Å². The van der Waals surface area contributed by atoms with Gasteiger partial charge in [-0.2, -0.15) is 5.26 Å². The molecule has 1 fully saturated rings. The number of hydrogen-bond acceptors (Lipinski definition) is 6. The number of benzene rings is 2. The lowest BCUT2D eigenvalue weighted by Crippen LogP contribution is -2.57. The lowest BCUT2D eigenvalue weighted by atomic mass is 9.96. The number of anilines is 1. The number of pyridine rings is 1. The van der Waals surface area contributed by atoms with Crippen LogP contribution in [-0.4, -0.2) is 55.0 Å². The van der Waals surface area contributed by atoms with Crippen LogP contribution in [0.1, 0.15) is 15.9 Å². The number of carbonyl (C=O) groups excluding carboxylic acids is 2. The quantitative estimate of drug-likeness (QED) is 0.601. The third-order valence-electron chi connectivity index (χ3n) is 6.18. The molecule has 0 saturated carbocycles. The number of amides is 2. The summed E-state index contributed by atoms with van der Waals surface area (Å²) >= 11 is 0. The fourth-order valence-electron chi connectivity index (χ4n) is 4.24. The van der Waals surface area contributed by atoms with E-state index in [1.165, 1.54) is 0 Å². The summed E-state index contributed by atoms with van der Waals surface area (Å²) in [7, 11) is 1.58. The minimum Gasteiger partial charge on any atom is -0.497 e. The van der Waals surface area contributed by atoms with Gasteiger partial charge in [0.15, 0.2) is 5.75 Å². The molecule has 3 aromatic rings. The molecule has 0 N–H and O–H groups in total. The highest BCUT2D eigenvalue weighted by Gasteiger charge is 2.40. The molecule has 0 aliphatic carbocycles. The van der Waals surface area contributed by atoms with Gasteiger partial charge in [-0.25, -0.2) is 0 Å². The van der Waals surface area contributed by atoms with Gasteiger partial charge in [0.25, 0.3) is 5.91 Å². The molecule has 5 rings (SSSR count). The summed E-state index contributed by atoms with van der Waals surface area (Å²) in [6, 6.07) is 16.2. The van der Waals surface area contributed by atoms with Gasteiger partial charge in [0.05, 0.1) is 37.4 Å². The Morgan fingerprint density at radius 3 is 2.50 bits per heavy atom. The van der Waals surface area contributed by atoms with Crippen molar-refractivity contribution in [1.29, 1.82) is 5.26 Å². The Morgan fingerprint density at radius 2 is 1.82 bits per heavy atom. The lowest BCUT2D eigenvalue weighted by Gasteiger charge is -2.41. The first-order chi connectivity index (χ1) is 16.6. The number of ether oxygens (including phenoxy) is 2. The summed E-state index contributed by atoms with van der Waals surface area (Å²) in [5.41, 5.74) is 3.39. The highest BCUT2D eigenvalue weighted by Crippen LogP contribution is 2.40. The van der Waals surface area contributed by atoms with Gasteiger partial charge in [-0.1, -0.05) is 12.1 Å². The molecule has 8 nitrogen and oxygen atoms in total. The second kappa shape index (κ2) is 8.87. The average molecular weight is 454 g/mol. The number of hydrogen-bond donors (Lipinski definition) is 0. The molecular formula is C26H22N4O4. The van der Waals surface area contributed by atoms with Crippen LogP contribution in [0.3, 0.4) is 0 Å². The number of rotatable bonds is 4. The van der Waals surface area contributed by atoms with Crippen LogP contribution in [0.5, 0.6) is 11.5 Å². The van der Waals surface area contributed by atoms with Crippen LogP contribution < -0.4 is 14.4 Å². The van der Waals surface area contributed by atoms with E-state index in [1.54, 1.807) is 65.7 Å². The molecule has 2 aromatic carbocycles. The van der Waals surface area contributed by atoms with E-state index in [4.69, 9.17) is 14.7 Å². The highest BCUT2D eigenvalue weighted by atomic mass is 16.5. The van der Waals surface area contributed by atoms with Crippen LogP contribution in [0.4, 0.5) is 5.69 Å². The molecule has 0 radical (unpaired) electrons. The normalized spacial score (nSPS) is 14.9. The SMILES string of the molecule is COc1ccc(C(=O)N2CC(C(=O)N3CCOc4c(-c5ccc(C#N)cc5)cncc43)C2)cc1.